The van der Waals surface area contributed by atoms with Gasteiger partial charge in [0.15, 0.2) is 29.9 Å². The fraction of sp³-hybridized carbons (Fsp3) is 0.371. The van der Waals surface area contributed by atoms with Crippen LogP contribution < -0.4 is 9.47 Å². The SMILES string of the molecule is O=C1CC(c2ccc(OC3OC(CO)C(O)C(O)C3OC3OCC(O)(COC(=O)c4c[nH]c5ccccc45)C3OS(=O)(=O)O)cc2)Oc2cc(O)ccc21. The van der Waals surface area contributed by atoms with Gasteiger partial charge in [0.1, 0.15) is 48.3 Å². The highest BCUT2D eigenvalue weighted by Gasteiger charge is 2.57. The maximum absolute atomic E-state index is 13.0. The molecule has 0 saturated carbocycles. The number of hydrogen-bond acceptors (Lipinski definition) is 16. The molecular weight excluding hydrogens is 738 g/mol. The monoisotopic (exact) mass is 773 g/mol. The smallest absolute Gasteiger partial charge is 0.397 e. The number of aromatic nitrogens is 1. The second-order valence-corrected chi connectivity index (χ2v) is 14.0. The van der Waals surface area contributed by atoms with Crippen molar-refractivity contribution in [3.8, 4) is 17.2 Å². The number of phenolic OH excluding ortho intramolecular Hbond substituents is 1. The topological polar surface area (TPSA) is 270 Å². The first-order chi connectivity index (χ1) is 25.7. The zero-order valence-electron chi connectivity index (χ0n) is 28.0. The van der Waals surface area contributed by atoms with E-state index in [1.807, 2.05) is 0 Å². The van der Waals surface area contributed by atoms with Crippen molar-refractivity contribution in [3.63, 3.8) is 0 Å². The van der Waals surface area contributed by atoms with Crippen LogP contribution in [0.4, 0.5) is 0 Å². The van der Waals surface area contributed by atoms with Crippen LogP contribution in [-0.4, -0.2) is 124 Å². The first-order valence-electron chi connectivity index (χ1n) is 16.5. The molecular formula is C35H35NO17S. The fourth-order valence-electron chi connectivity index (χ4n) is 6.50. The lowest BCUT2D eigenvalue weighted by Gasteiger charge is -2.42. The molecule has 3 aliphatic heterocycles. The van der Waals surface area contributed by atoms with Gasteiger partial charge >= 0.3 is 16.4 Å². The number of phenols is 1. The molecule has 0 bridgehead atoms. The van der Waals surface area contributed by atoms with Gasteiger partial charge in [-0.15, -0.1) is 0 Å². The molecule has 3 aliphatic rings. The number of hydrogen-bond donors (Lipinski definition) is 7. The molecule has 1 aromatic heterocycles. The number of fused-ring (bicyclic) bond motifs is 2. The Kier molecular flexibility index (Phi) is 10.4. The van der Waals surface area contributed by atoms with Gasteiger partial charge in [0.05, 0.1) is 30.8 Å². The highest BCUT2D eigenvalue weighted by atomic mass is 32.3. The van der Waals surface area contributed by atoms with Crippen LogP contribution in [0.1, 0.15) is 38.8 Å². The maximum Gasteiger partial charge on any atom is 0.397 e. The molecule has 54 heavy (non-hydrogen) atoms. The summed E-state index contributed by atoms with van der Waals surface area (Å²) < 4.78 is 72.4. The number of carbonyl (C=O) groups is 2. The molecule has 0 aliphatic carbocycles. The number of benzene rings is 3. The lowest BCUT2D eigenvalue weighted by atomic mass is 9.96. The Bertz CT molecular complexity index is 2120. The van der Waals surface area contributed by atoms with Gasteiger partial charge in [0, 0.05) is 23.2 Å². The minimum atomic E-state index is -5.31. The van der Waals surface area contributed by atoms with E-state index in [2.05, 4.69) is 4.98 Å². The molecule has 2 saturated heterocycles. The van der Waals surface area contributed by atoms with E-state index < -0.39 is 91.0 Å². The number of aliphatic hydroxyl groups is 4. The summed E-state index contributed by atoms with van der Waals surface area (Å²) in [6, 6.07) is 17.1. The normalized spacial score (nSPS) is 29.8. The van der Waals surface area contributed by atoms with Gasteiger partial charge in [-0.25, -0.2) is 8.98 Å². The first kappa shape index (κ1) is 37.6. The van der Waals surface area contributed by atoms with Crippen molar-refractivity contribution in [2.75, 3.05) is 19.8 Å². The Balaban J connectivity index is 1.08. The van der Waals surface area contributed by atoms with Gasteiger partial charge in [-0.2, -0.15) is 8.42 Å². The molecule has 7 N–H and O–H groups in total. The first-order valence-corrected chi connectivity index (χ1v) is 17.9. The van der Waals surface area contributed by atoms with Gasteiger partial charge in [-0.1, -0.05) is 30.3 Å². The number of aromatic hydroxyl groups is 1. The van der Waals surface area contributed by atoms with E-state index in [4.69, 9.17) is 32.6 Å². The Morgan fingerprint density at radius 3 is 2.52 bits per heavy atom. The summed E-state index contributed by atoms with van der Waals surface area (Å²) in [6.45, 7) is -2.42. The number of Topliss-reactive ketones (excluding diaryl/α,β-unsaturated/α-hetero) is 1. The second-order valence-electron chi connectivity index (χ2n) is 13.0. The molecule has 0 spiro atoms. The van der Waals surface area contributed by atoms with Crippen molar-refractivity contribution >= 4 is 33.1 Å². The zero-order valence-corrected chi connectivity index (χ0v) is 28.8. The number of esters is 1. The molecule has 2 fully saturated rings. The summed E-state index contributed by atoms with van der Waals surface area (Å²) in [6.07, 6.45) is -11.7. The molecule has 0 amide bonds. The van der Waals surface area contributed by atoms with Gasteiger partial charge in [0.25, 0.3) is 0 Å². The molecule has 9 unspecified atom stereocenters. The highest BCUT2D eigenvalue weighted by Crippen LogP contribution is 2.38. The van der Waals surface area contributed by atoms with Crippen molar-refractivity contribution in [2.45, 2.75) is 61.2 Å². The van der Waals surface area contributed by atoms with Gasteiger partial charge in [0.2, 0.25) is 6.29 Å². The Morgan fingerprint density at radius 2 is 1.78 bits per heavy atom. The Morgan fingerprint density at radius 1 is 1.02 bits per heavy atom. The van der Waals surface area contributed by atoms with E-state index in [1.165, 1.54) is 36.5 Å². The summed E-state index contributed by atoms with van der Waals surface area (Å²) in [5.74, 6) is -0.826. The molecule has 9 atom stereocenters. The lowest BCUT2D eigenvalue weighted by molar-refractivity contribution is -0.317. The van der Waals surface area contributed by atoms with Crippen LogP contribution in [0.5, 0.6) is 17.2 Å². The molecule has 3 aromatic carbocycles. The van der Waals surface area contributed by atoms with Crippen molar-refractivity contribution in [1.82, 2.24) is 4.98 Å². The number of nitrogens with one attached hydrogen (secondary N) is 1. The number of para-hydroxylation sites is 1. The van der Waals surface area contributed by atoms with Crippen LogP contribution in [-0.2, 0) is 33.5 Å². The van der Waals surface area contributed by atoms with Gasteiger partial charge in [-0.3, -0.25) is 9.35 Å². The average molecular weight is 774 g/mol. The van der Waals surface area contributed by atoms with Crippen LogP contribution in [0.25, 0.3) is 10.9 Å². The quantitative estimate of drug-likeness (QED) is 0.0825. The summed E-state index contributed by atoms with van der Waals surface area (Å²) >= 11 is 0. The van der Waals surface area contributed by atoms with Crippen molar-refractivity contribution in [3.05, 3.63) is 89.6 Å². The molecule has 19 heteroatoms. The largest absolute Gasteiger partial charge is 0.508 e. The van der Waals surface area contributed by atoms with E-state index in [-0.39, 0.29) is 35.0 Å². The lowest BCUT2D eigenvalue weighted by Crippen LogP contribution is -2.62. The number of ketones is 1. The van der Waals surface area contributed by atoms with Crippen LogP contribution >= 0.6 is 0 Å². The van der Waals surface area contributed by atoms with Crippen LogP contribution in [0, 0.1) is 0 Å². The maximum atomic E-state index is 13.0. The number of rotatable bonds is 11. The summed E-state index contributed by atoms with van der Waals surface area (Å²) in [5.41, 5.74) is -0.795. The second kappa shape index (κ2) is 14.9. The number of H-pyrrole nitrogens is 1. The van der Waals surface area contributed by atoms with Crippen LogP contribution in [0.15, 0.2) is 72.9 Å². The number of aliphatic hydroxyl groups excluding tert-OH is 3. The summed E-state index contributed by atoms with van der Waals surface area (Å²) in [7, 11) is -5.31. The summed E-state index contributed by atoms with van der Waals surface area (Å²) in [4.78, 5) is 28.6. The highest BCUT2D eigenvalue weighted by molar-refractivity contribution is 7.80. The third-order valence-electron chi connectivity index (χ3n) is 9.29. The standard InChI is InChI=1S/C35H35NO17S/c37-14-27-28(40)29(41)30(33(51-27)49-19-8-5-17(6-9-19)25-12-24(39)21-10-7-18(38)11-26(21)50-25)52-34-31(53-54(44,45)46)35(43,16-48-34)15-47-32(42)22-13-36-23-4-2-1-3-20(22)23/h1-11,13,25,27-31,33-34,36-38,40-41,43H,12,14-16H2,(H,44,45,46). The van der Waals surface area contributed by atoms with Crippen LogP contribution in [0.3, 0.4) is 0 Å². The molecule has 7 rings (SSSR count). The Hall–Kier alpha value is -4.67. The molecule has 4 heterocycles. The Labute approximate surface area is 306 Å². The zero-order chi connectivity index (χ0) is 38.4. The number of aromatic amines is 1. The van der Waals surface area contributed by atoms with E-state index in [0.29, 0.717) is 22.0 Å². The van der Waals surface area contributed by atoms with Gasteiger partial charge < -0.3 is 58.9 Å². The molecule has 0 radical (unpaired) electrons. The van der Waals surface area contributed by atoms with E-state index >= 15 is 0 Å². The van der Waals surface area contributed by atoms with E-state index in [9.17, 15) is 48.1 Å². The molecule has 18 nitrogen and oxygen atoms in total. The van der Waals surface area contributed by atoms with Crippen LogP contribution in [0.2, 0.25) is 0 Å². The minimum Gasteiger partial charge on any atom is -0.508 e. The summed E-state index contributed by atoms with van der Waals surface area (Å²) in [5, 5.41) is 53.4. The average Bonchev–Trinajstić information content (AvgIpc) is 3.70. The number of ether oxygens (including phenoxy) is 6. The third kappa shape index (κ3) is 7.64. The third-order valence-corrected chi connectivity index (χ3v) is 9.74. The molecule has 288 valence electrons. The molecule has 4 aromatic rings. The van der Waals surface area contributed by atoms with Crippen molar-refractivity contribution in [2.24, 2.45) is 0 Å². The van der Waals surface area contributed by atoms with Crippen molar-refractivity contribution < 1.29 is 80.7 Å². The predicted octanol–water partition coefficient (Wildman–Crippen LogP) is 0.915. The van der Waals surface area contributed by atoms with Crippen molar-refractivity contribution in [1.29, 1.82) is 0 Å². The van der Waals surface area contributed by atoms with E-state index in [0.717, 1.165) is 0 Å². The predicted molar refractivity (Wildman–Crippen MR) is 180 cm³/mol. The minimum absolute atomic E-state index is 0.0185. The van der Waals surface area contributed by atoms with Gasteiger partial charge in [-0.05, 0) is 35.9 Å². The van der Waals surface area contributed by atoms with E-state index in [1.54, 1.807) is 36.4 Å². The number of carbonyl (C=O) groups excluding carboxylic acids is 2. The fourth-order valence-corrected chi connectivity index (χ4v) is 7.03.